The molecule has 5 heteroatoms. The van der Waals surface area contributed by atoms with Crippen molar-refractivity contribution in [3.63, 3.8) is 0 Å². The van der Waals surface area contributed by atoms with Gasteiger partial charge in [0.05, 0.1) is 10.7 Å². The maximum Gasteiger partial charge on any atom is 0.132 e. The first-order chi connectivity index (χ1) is 8.52. The van der Waals surface area contributed by atoms with Gasteiger partial charge in [0.25, 0.3) is 0 Å². The van der Waals surface area contributed by atoms with Gasteiger partial charge in [0.2, 0.25) is 0 Å². The van der Waals surface area contributed by atoms with Crippen molar-refractivity contribution >= 4 is 17.4 Å². The van der Waals surface area contributed by atoms with E-state index in [2.05, 4.69) is 15.3 Å². The lowest BCUT2D eigenvalue weighted by Gasteiger charge is -2.12. The minimum atomic E-state index is -0.360. The van der Waals surface area contributed by atoms with E-state index >= 15 is 0 Å². The molecule has 0 saturated heterocycles. The lowest BCUT2D eigenvalue weighted by atomic mass is 10.1. The first-order valence-electron chi connectivity index (χ1n) is 5.51. The Morgan fingerprint density at radius 1 is 1.22 bits per heavy atom. The Balaban J connectivity index is 2.67. The van der Waals surface area contributed by atoms with Crippen LogP contribution in [0, 0.1) is 19.7 Å². The van der Waals surface area contributed by atoms with E-state index in [9.17, 15) is 4.39 Å². The summed E-state index contributed by atoms with van der Waals surface area (Å²) in [5.41, 5.74) is 2.31. The molecule has 1 aromatic heterocycles. The Morgan fingerprint density at radius 2 is 1.94 bits per heavy atom. The molecule has 2 aromatic rings. The smallest absolute Gasteiger partial charge is 0.132 e. The van der Waals surface area contributed by atoms with Gasteiger partial charge in [0, 0.05) is 18.2 Å². The molecule has 0 saturated carbocycles. The molecule has 0 spiro atoms. The van der Waals surface area contributed by atoms with Gasteiger partial charge < -0.3 is 5.32 Å². The minimum absolute atomic E-state index is 0.346. The SMILES string of the molecule is CNc1nc(C)nc(-c2ccc(F)cc2Cl)c1C. The zero-order chi connectivity index (χ0) is 13.3. The molecule has 0 amide bonds. The van der Waals surface area contributed by atoms with Crippen molar-refractivity contribution < 1.29 is 4.39 Å². The van der Waals surface area contributed by atoms with E-state index in [1.807, 2.05) is 6.92 Å². The van der Waals surface area contributed by atoms with Gasteiger partial charge in [-0.05, 0) is 32.0 Å². The number of hydrogen-bond acceptors (Lipinski definition) is 3. The molecule has 0 aliphatic carbocycles. The van der Waals surface area contributed by atoms with Crippen LogP contribution in [-0.4, -0.2) is 17.0 Å². The lowest BCUT2D eigenvalue weighted by molar-refractivity contribution is 0.628. The van der Waals surface area contributed by atoms with Gasteiger partial charge in [-0.25, -0.2) is 14.4 Å². The standard InChI is InChI=1S/C13H13ClFN3/c1-7-12(17-8(2)18-13(7)16-3)10-5-4-9(15)6-11(10)14/h4-6H,1-3H3,(H,16,17,18). The molecule has 94 valence electrons. The van der Waals surface area contributed by atoms with Crippen LogP contribution in [0.5, 0.6) is 0 Å². The van der Waals surface area contributed by atoms with Gasteiger partial charge in [-0.3, -0.25) is 0 Å². The van der Waals surface area contributed by atoms with Gasteiger partial charge in [-0.2, -0.15) is 0 Å². The van der Waals surface area contributed by atoms with E-state index in [0.717, 1.165) is 17.1 Å². The zero-order valence-corrected chi connectivity index (χ0v) is 11.1. The molecule has 3 nitrogen and oxygen atoms in total. The number of rotatable bonds is 2. The summed E-state index contributed by atoms with van der Waals surface area (Å²) in [7, 11) is 1.80. The van der Waals surface area contributed by atoms with Crippen molar-refractivity contribution in [2.45, 2.75) is 13.8 Å². The summed E-state index contributed by atoms with van der Waals surface area (Å²) in [5, 5.41) is 3.35. The maximum absolute atomic E-state index is 13.1. The molecule has 1 heterocycles. The summed E-state index contributed by atoms with van der Waals surface area (Å²) in [6, 6.07) is 4.29. The predicted octanol–water partition coefficient (Wildman–Crippen LogP) is 3.59. The van der Waals surface area contributed by atoms with Crippen molar-refractivity contribution in [3.05, 3.63) is 40.4 Å². The summed E-state index contributed by atoms with van der Waals surface area (Å²) in [5.74, 6) is 1.03. The van der Waals surface area contributed by atoms with Crippen LogP contribution in [0.15, 0.2) is 18.2 Å². The van der Waals surface area contributed by atoms with Crippen molar-refractivity contribution in [2.24, 2.45) is 0 Å². The molecule has 2 rings (SSSR count). The average molecular weight is 266 g/mol. The highest BCUT2D eigenvalue weighted by Gasteiger charge is 2.13. The van der Waals surface area contributed by atoms with Gasteiger partial charge in [-0.15, -0.1) is 0 Å². The maximum atomic E-state index is 13.1. The van der Waals surface area contributed by atoms with Gasteiger partial charge in [-0.1, -0.05) is 11.6 Å². The zero-order valence-electron chi connectivity index (χ0n) is 10.4. The van der Waals surface area contributed by atoms with Gasteiger partial charge in [0.15, 0.2) is 0 Å². The lowest BCUT2D eigenvalue weighted by Crippen LogP contribution is -2.03. The fourth-order valence-corrected chi connectivity index (χ4v) is 2.07. The molecule has 1 aromatic carbocycles. The number of aryl methyl sites for hydroxylation is 1. The third kappa shape index (κ3) is 2.29. The molecule has 0 fully saturated rings. The molecule has 0 aliphatic heterocycles. The summed E-state index contributed by atoms with van der Waals surface area (Å²) >= 11 is 6.06. The first kappa shape index (κ1) is 12.8. The summed E-state index contributed by atoms with van der Waals surface area (Å²) in [6.07, 6.45) is 0. The van der Waals surface area contributed by atoms with E-state index in [1.165, 1.54) is 12.1 Å². The Bertz CT molecular complexity index is 599. The predicted molar refractivity (Wildman–Crippen MR) is 71.5 cm³/mol. The molecular formula is C13H13ClFN3. The van der Waals surface area contributed by atoms with E-state index < -0.39 is 0 Å². The third-order valence-electron chi connectivity index (χ3n) is 2.68. The highest BCUT2D eigenvalue weighted by molar-refractivity contribution is 6.33. The van der Waals surface area contributed by atoms with Crippen LogP contribution < -0.4 is 5.32 Å². The van der Waals surface area contributed by atoms with Crippen molar-refractivity contribution in [3.8, 4) is 11.3 Å². The number of nitrogens with zero attached hydrogens (tertiary/aromatic N) is 2. The normalized spacial score (nSPS) is 10.5. The van der Waals surface area contributed by atoms with E-state index in [4.69, 9.17) is 11.6 Å². The topological polar surface area (TPSA) is 37.8 Å². The number of nitrogens with one attached hydrogen (secondary N) is 1. The van der Waals surface area contributed by atoms with Crippen LogP contribution in [0.3, 0.4) is 0 Å². The molecule has 0 bridgehead atoms. The third-order valence-corrected chi connectivity index (χ3v) is 2.99. The van der Waals surface area contributed by atoms with Crippen LogP contribution in [0.4, 0.5) is 10.2 Å². The fourth-order valence-electron chi connectivity index (χ4n) is 1.82. The van der Waals surface area contributed by atoms with Gasteiger partial charge in [0.1, 0.15) is 17.5 Å². The second-order valence-corrected chi connectivity index (χ2v) is 4.37. The number of halogens is 2. The quantitative estimate of drug-likeness (QED) is 0.902. The van der Waals surface area contributed by atoms with Crippen molar-refractivity contribution in [1.82, 2.24) is 9.97 Å². The highest BCUT2D eigenvalue weighted by atomic mass is 35.5. The second kappa shape index (κ2) is 4.90. The summed E-state index contributed by atoms with van der Waals surface area (Å²) in [6.45, 7) is 3.71. The second-order valence-electron chi connectivity index (χ2n) is 3.97. The van der Waals surface area contributed by atoms with E-state index in [1.54, 1.807) is 20.0 Å². The Morgan fingerprint density at radius 3 is 2.56 bits per heavy atom. The number of anilines is 1. The molecule has 1 N–H and O–H groups in total. The van der Waals surface area contributed by atoms with Crippen LogP contribution >= 0.6 is 11.6 Å². The monoisotopic (exact) mass is 265 g/mol. The molecule has 18 heavy (non-hydrogen) atoms. The molecule has 0 atom stereocenters. The summed E-state index contributed by atoms with van der Waals surface area (Å²) < 4.78 is 13.1. The van der Waals surface area contributed by atoms with Crippen LogP contribution in [-0.2, 0) is 0 Å². The number of hydrogen-bond donors (Lipinski definition) is 1. The van der Waals surface area contributed by atoms with Crippen LogP contribution in [0.1, 0.15) is 11.4 Å². The largest absolute Gasteiger partial charge is 0.373 e. The molecule has 0 radical (unpaired) electrons. The minimum Gasteiger partial charge on any atom is -0.373 e. The first-order valence-corrected chi connectivity index (χ1v) is 5.89. The van der Waals surface area contributed by atoms with Crippen LogP contribution in [0.2, 0.25) is 5.02 Å². The van der Waals surface area contributed by atoms with Crippen LogP contribution in [0.25, 0.3) is 11.3 Å². The van der Waals surface area contributed by atoms with E-state index in [0.29, 0.717) is 16.4 Å². The fraction of sp³-hybridized carbons (Fsp3) is 0.231. The number of benzene rings is 1. The average Bonchev–Trinajstić information content (AvgIpc) is 2.32. The van der Waals surface area contributed by atoms with Crippen molar-refractivity contribution in [2.75, 3.05) is 12.4 Å². The Hall–Kier alpha value is -1.68. The van der Waals surface area contributed by atoms with Crippen molar-refractivity contribution in [1.29, 1.82) is 0 Å². The number of aromatic nitrogens is 2. The Kier molecular flexibility index (Phi) is 3.48. The summed E-state index contributed by atoms with van der Waals surface area (Å²) in [4.78, 5) is 8.67. The molecule has 0 aliphatic rings. The molecular weight excluding hydrogens is 253 g/mol. The Labute approximate surface area is 110 Å². The molecule has 0 unspecified atom stereocenters. The highest BCUT2D eigenvalue weighted by Crippen LogP contribution is 2.31. The van der Waals surface area contributed by atoms with E-state index in [-0.39, 0.29) is 5.82 Å². The van der Waals surface area contributed by atoms with Gasteiger partial charge >= 0.3 is 0 Å².